The lowest BCUT2D eigenvalue weighted by atomic mass is 9.78. The Kier molecular flexibility index (Phi) is 18.7. The molecule has 0 aromatic heterocycles. The van der Waals surface area contributed by atoms with Gasteiger partial charge in [0.05, 0.1) is 31.2 Å². The number of phenolic OH excluding ortho intramolecular Hbond substituents is 1. The fraction of sp³-hybridized carbons (Fsp3) is 0.531. The smallest absolute Gasteiger partial charge is 0.343 e. The summed E-state index contributed by atoms with van der Waals surface area (Å²) < 4.78 is 34.3. The van der Waals surface area contributed by atoms with Gasteiger partial charge in [-0.05, 0) is 151 Å². The molecule has 4 aromatic carbocycles. The molecule has 0 saturated carbocycles. The number of aryl methyl sites for hydroxylation is 1. The number of esters is 6. The Morgan fingerprint density at radius 1 is 0.468 bits per heavy atom. The van der Waals surface area contributed by atoms with Crippen LogP contribution < -0.4 is 18.9 Å². The van der Waals surface area contributed by atoms with Gasteiger partial charge in [0, 0.05) is 60.3 Å². The zero-order chi connectivity index (χ0) is 58.6. The van der Waals surface area contributed by atoms with Crippen molar-refractivity contribution in [1.82, 2.24) is 9.80 Å². The van der Waals surface area contributed by atoms with Crippen LogP contribution in [0, 0.1) is 0 Å². The van der Waals surface area contributed by atoms with Gasteiger partial charge in [-0.15, -0.1) is 0 Å². The number of carbonyl (C=O) groups is 6. The predicted octanol–water partition coefficient (Wildman–Crippen LogP) is 12.2. The molecule has 2 aliphatic rings. The van der Waals surface area contributed by atoms with Gasteiger partial charge in [-0.3, -0.25) is 33.8 Å². The van der Waals surface area contributed by atoms with Crippen molar-refractivity contribution in [2.75, 3.05) is 14.1 Å². The molecule has 0 bridgehead atoms. The minimum Gasteiger partial charge on any atom is -0.507 e. The lowest BCUT2D eigenvalue weighted by Gasteiger charge is -2.53. The number of aromatic hydroxyl groups is 1. The fourth-order valence-corrected chi connectivity index (χ4v) is 10.8. The number of ether oxygens (including phenoxy) is 6. The highest BCUT2D eigenvalue weighted by Gasteiger charge is 2.46. The molecule has 2 aliphatic heterocycles. The van der Waals surface area contributed by atoms with Gasteiger partial charge in [0.2, 0.25) is 0 Å². The summed E-state index contributed by atoms with van der Waals surface area (Å²) in [4.78, 5) is 83.8. The predicted molar refractivity (Wildman–Crippen MR) is 303 cm³/mol. The summed E-state index contributed by atoms with van der Waals surface area (Å²) in [6.45, 7) is 29.1. The van der Waals surface area contributed by atoms with Gasteiger partial charge < -0.3 is 33.5 Å². The summed E-state index contributed by atoms with van der Waals surface area (Å²) in [5, 5.41) is 11.1. The number of carbonyl (C=O) groups excluding carboxylic acids is 6. The normalized spacial score (nSPS) is 17.5. The van der Waals surface area contributed by atoms with Crippen molar-refractivity contribution in [1.29, 1.82) is 0 Å². The van der Waals surface area contributed by atoms with E-state index in [0.29, 0.717) is 37.9 Å². The van der Waals surface area contributed by atoms with Gasteiger partial charge in [-0.2, -0.15) is 0 Å². The highest BCUT2D eigenvalue weighted by atomic mass is 16.6. The van der Waals surface area contributed by atoms with Crippen molar-refractivity contribution in [2.24, 2.45) is 0 Å². The lowest BCUT2D eigenvalue weighted by Crippen LogP contribution is -2.60. The molecule has 0 atom stereocenters. The Balaban J connectivity index is 1.09. The molecule has 4 aromatic rings. The van der Waals surface area contributed by atoms with Gasteiger partial charge in [0.15, 0.2) is 0 Å². The number of likely N-dealkylation sites (tertiary alicyclic amines) is 2. The second kappa shape index (κ2) is 24.0. The molecule has 0 aliphatic carbocycles. The van der Waals surface area contributed by atoms with Crippen molar-refractivity contribution < 1.29 is 62.3 Å². The number of piperidine rings is 2. The maximum atomic E-state index is 13.8. The Bertz CT molecular complexity index is 2720. The van der Waals surface area contributed by atoms with E-state index in [4.69, 9.17) is 28.4 Å². The molecule has 2 saturated heterocycles. The summed E-state index contributed by atoms with van der Waals surface area (Å²) >= 11 is 0. The van der Waals surface area contributed by atoms with E-state index in [1.807, 2.05) is 65.8 Å². The van der Waals surface area contributed by atoms with Gasteiger partial charge in [0.1, 0.15) is 41.0 Å². The van der Waals surface area contributed by atoms with Gasteiger partial charge in [-0.1, -0.05) is 77.9 Å². The first-order valence-electron chi connectivity index (χ1n) is 27.4. The second-order valence-electron chi connectivity index (χ2n) is 26.0. The van der Waals surface area contributed by atoms with Crippen molar-refractivity contribution >= 4 is 35.8 Å². The van der Waals surface area contributed by atoms with Crippen molar-refractivity contribution in [3.8, 4) is 39.9 Å². The molecule has 428 valence electrons. The van der Waals surface area contributed by atoms with Crippen LogP contribution in [0.15, 0.2) is 78.9 Å². The minimum absolute atomic E-state index is 0.117. The van der Waals surface area contributed by atoms with Crippen molar-refractivity contribution in [3.05, 3.63) is 101 Å². The van der Waals surface area contributed by atoms with Gasteiger partial charge in [-0.25, -0.2) is 4.79 Å². The Morgan fingerprint density at radius 3 is 1.16 bits per heavy atom. The molecule has 6 rings (SSSR count). The number of rotatable bonds is 17. The van der Waals surface area contributed by atoms with E-state index in [9.17, 15) is 33.9 Å². The van der Waals surface area contributed by atoms with E-state index in [1.54, 1.807) is 36.4 Å². The van der Waals surface area contributed by atoms with E-state index in [-0.39, 0.29) is 106 Å². The maximum absolute atomic E-state index is 13.8. The SMILES string of the molecule is CN1C(C)(C)CC(OC(=O)CCC(=O)Oc2cc(OC(=O)CCC(=O)OC3CC(C)(C)N(C)C(C)(C)C3)cc(C(=O)Oc3ccc(-c4ccc(OC(=O)CCc5cc(C(C)(C)C)c(O)c(C(C)(C)C)c5)cc4)cc3)c2)CC1(C)C. The lowest BCUT2D eigenvalue weighted by molar-refractivity contribution is -0.161. The molecule has 2 heterocycles. The molecule has 0 amide bonds. The Labute approximate surface area is 467 Å². The van der Waals surface area contributed by atoms with Gasteiger partial charge >= 0.3 is 35.8 Å². The van der Waals surface area contributed by atoms with E-state index < -0.39 is 35.8 Å². The average Bonchev–Trinajstić information content (AvgIpc) is 3.41. The third-order valence-electron chi connectivity index (χ3n) is 15.7. The molecular formula is C64H84N2O13. The minimum atomic E-state index is -0.857. The molecule has 15 nitrogen and oxygen atoms in total. The number of phenols is 1. The van der Waals surface area contributed by atoms with Crippen LogP contribution >= 0.6 is 0 Å². The summed E-state index contributed by atoms with van der Waals surface area (Å²) in [6.07, 6.45) is 1.31. The summed E-state index contributed by atoms with van der Waals surface area (Å²) in [6, 6.07) is 21.5. The Hall–Kier alpha value is -6.58. The van der Waals surface area contributed by atoms with Crippen LogP contribution in [0.5, 0.6) is 28.7 Å². The molecule has 0 unspecified atom stereocenters. The summed E-state index contributed by atoms with van der Waals surface area (Å²) in [7, 11) is 4.11. The van der Waals surface area contributed by atoms with Crippen LogP contribution in [0.2, 0.25) is 0 Å². The van der Waals surface area contributed by atoms with E-state index in [1.165, 1.54) is 18.2 Å². The first kappa shape index (κ1) is 61.6. The molecule has 2 fully saturated rings. The average molecular weight is 1090 g/mol. The van der Waals surface area contributed by atoms with Crippen LogP contribution in [0.3, 0.4) is 0 Å². The molecule has 0 radical (unpaired) electrons. The summed E-state index contributed by atoms with van der Waals surface area (Å²) in [5.74, 6) is -3.35. The number of hydrogen-bond donors (Lipinski definition) is 1. The maximum Gasteiger partial charge on any atom is 0.343 e. The highest BCUT2D eigenvalue weighted by Crippen LogP contribution is 2.42. The van der Waals surface area contributed by atoms with Crippen molar-refractivity contribution in [3.63, 3.8) is 0 Å². The Morgan fingerprint density at radius 2 is 0.797 bits per heavy atom. The number of benzene rings is 4. The standard InChI is InChI=1S/C64H84N2O13/c1-59(2,3)50-31-40(32-51(57(50)72)60(4,5)6)17-26-52(67)74-44-22-18-41(19-23-44)42-20-24-45(25-21-42)79-58(73)43-33-46(75-53(68)27-29-55(70)77-48-36-61(7,8)65(15)62(9,10)37-48)35-47(34-43)76-54(69)28-30-56(71)78-49-38-63(11,12)66(16)64(13,14)39-49/h18-25,31-35,48-49,72H,17,26-30,36-39H2,1-16H3. The quantitative estimate of drug-likeness (QED) is 0.0777. The number of hydrogen-bond acceptors (Lipinski definition) is 15. The molecule has 15 heteroatoms. The van der Waals surface area contributed by atoms with Gasteiger partial charge in [0.25, 0.3) is 0 Å². The fourth-order valence-electron chi connectivity index (χ4n) is 10.8. The third kappa shape index (κ3) is 16.5. The number of nitrogens with zero attached hydrogens (tertiary/aromatic N) is 2. The summed E-state index contributed by atoms with van der Waals surface area (Å²) in [5.41, 5.74) is 2.64. The molecule has 1 N–H and O–H groups in total. The van der Waals surface area contributed by atoms with Crippen LogP contribution in [0.25, 0.3) is 11.1 Å². The van der Waals surface area contributed by atoms with E-state index in [0.717, 1.165) is 27.8 Å². The first-order chi connectivity index (χ1) is 36.5. The highest BCUT2D eigenvalue weighted by molar-refractivity contribution is 5.93. The van der Waals surface area contributed by atoms with E-state index >= 15 is 0 Å². The molecular weight excluding hydrogens is 1000 g/mol. The van der Waals surface area contributed by atoms with Crippen LogP contribution in [0.4, 0.5) is 0 Å². The van der Waals surface area contributed by atoms with Crippen molar-refractivity contribution in [2.45, 2.75) is 206 Å². The molecule has 0 spiro atoms. The topological polar surface area (TPSA) is 185 Å². The third-order valence-corrected chi connectivity index (χ3v) is 15.7. The second-order valence-corrected chi connectivity index (χ2v) is 26.0. The van der Waals surface area contributed by atoms with Crippen LogP contribution in [0.1, 0.15) is 182 Å². The zero-order valence-electron chi connectivity index (χ0n) is 49.5. The van der Waals surface area contributed by atoms with Crippen LogP contribution in [-0.2, 0) is 50.7 Å². The first-order valence-corrected chi connectivity index (χ1v) is 27.4. The van der Waals surface area contributed by atoms with Crippen LogP contribution in [-0.4, -0.2) is 99.2 Å². The molecule has 79 heavy (non-hydrogen) atoms. The van der Waals surface area contributed by atoms with E-state index in [2.05, 4.69) is 79.3 Å². The largest absolute Gasteiger partial charge is 0.507 e. The zero-order valence-corrected chi connectivity index (χ0v) is 49.5. The monoisotopic (exact) mass is 1090 g/mol.